The Bertz CT molecular complexity index is 969. The van der Waals surface area contributed by atoms with Crippen LogP contribution in [0.15, 0.2) is 71.8 Å². The van der Waals surface area contributed by atoms with Crippen LogP contribution in [0.25, 0.3) is 11.3 Å². The largest absolute Gasteiger partial charge is 0.497 e. The number of nitrogens with zero attached hydrogens (tertiary/aromatic N) is 1. The quantitative estimate of drug-likeness (QED) is 0.686. The molecule has 0 radical (unpaired) electrons. The van der Waals surface area contributed by atoms with Crippen LogP contribution in [0.1, 0.15) is 0 Å². The summed E-state index contributed by atoms with van der Waals surface area (Å²) in [6.45, 7) is 0. The van der Waals surface area contributed by atoms with Crippen molar-refractivity contribution in [2.75, 3.05) is 17.6 Å². The minimum atomic E-state index is -3.75. The number of methoxy groups -OCH3 is 1. The Labute approximate surface area is 146 Å². The van der Waals surface area contributed by atoms with Crippen LogP contribution >= 0.6 is 0 Å². The third kappa shape index (κ3) is 3.72. The van der Waals surface area contributed by atoms with Crippen LogP contribution in [0.4, 0.5) is 11.4 Å². The van der Waals surface area contributed by atoms with Gasteiger partial charge in [0.2, 0.25) is 0 Å². The van der Waals surface area contributed by atoms with E-state index in [2.05, 4.69) is 9.71 Å². The van der Waals surface area contributed by atoms with Gasteiger partial charge in [0.1, 0.15) is 5.75 Å². The summed E-state index contributed by atoms with van der Waals surface area (Å²) in [4.78, 5) is 4.44. The van der Waals surface area contributed by atoms with Gasteiger partial charge in [0.15, 0.2) is 0 Å². The molecule has 0 aliphatic heterocycles. The minimum absolute atomic E-state index is 0.139. The highest BCUT2D eigenvalue weighted by Gasteiger charge is 2.17. The molecule has 6 nitrogen and oxygen atoms in total. The Kier molecular flexibility index (Phi) is 4.58. The fraction of sp³-hybridized carbons (Fsp3) is 0.0556. The Morgan fingerprint density at radius 2 is 1.68 bits per heavy atom. The first-order chi connectivity index (χ1) is 12.0. The van der Waals surface area contributed by atoms with Crippen molar-refractivity contribution in [3.63, 3.8) is 0 Å². The van der Waals surface area contributed by atoms with E-state index >= 15 is 0 Å². The zero-order valence-electron chi connectivity index (χ0n) is 13.5. The van der Waals surface area contributed by atoms with Crippen LogP contribution in [0.3, 0.4) is 0 Å². The van der Waals surface area contributed by atoms with Gasteiger partial charge in [-0.2, -0.15) is 0 Å². The van der Waals surface area contributed by atoms with E-state index in [0.717, 1.165) is 5.56 Å². The molecule has 0 saturated carbocycles. The van der Waals surface area contributed by atoms with Crippen molar-refractivity contribution in [1.82, 2.24) is 4.98 Å². The second kappa shape index (κ2) is 6.82. The molecule has 0 bridgehead atoms. The lowest BCUT2D eigenvalue weighted by Crippen LogP contribution is -2.14. The predicted octanol–water partition coefficient (Wildman–Crippen LogP) is 3.14. The van der Waals surface area contributed by atoms with Crippen LogP contribution in [-0.2, 0) is 10.0 Å². The van der Waals surface area contributed by atoms with E-state index in [4.69, 9.17) is 10.5 Å². The topological polar surface area (TPSA) is 94.3 Å². The number of aromatic nitrogens is 1. The molecule has 3 N–H and O–H groups in total. The molecule has 0 amide bonds. The molecule has 0 spiro atoms. The number of benzene rings is 2. The Morgan fingerprint density at radius 3 is 2.32 bits per heavy atom. The maximum absolute atomic E-state index is 12.6. The summed E-state index contributed by atoms with van der Waals surface area (Å²) in [7, 11) is -2.22. The first-order valence-corrected chi connectivity index (χ1v) is 8.96. The van der Waals surface area contributed by atoms with Crippen LogP contribution in [0.5, 0.6) is 5.75 Å². The molecule has 0 unspecified atom stereocenters. The van der Waals surface area contributed by atoms with Crippen molar-refractivity contribution in [2.45, 2.75) is 4.90 Å². The first kappa shape index (κ1) is 16.8. The molecule has 0 aliphatic rings. The van der Waals surface area contributed by atoms with E-state index in [1.165, 1.54) is 19.2 Å². The Balaban J connectivity index is 1.95. The van der Waals surface area contributed by atoms with Crippen LogP contribution < -0.4 is 15.2 Å². The van der Waals surface area contributed by atoms with Crippen molar-refractivity contribution < 1.29 is 13.2 Å². The number of anilines is 2. The molecule has 3 aromatic rings. The van der Waals surface area contributed by atoms with E-state index in [1.54, 1.807) is 54.7 Å². The summed E-state index contributed by atoms with van der Waals surface area (Å²) in [6.07, 6.45) is 1.61. The second-order valence-corrected chi connectivity index (χ2v) is 6.99. The van der Waals surface area contributed by atoms with Gasteiger partial charge in [0.05, 0.1) is 23.4 Å². The fourth-order valence-corrected chi connectivity index (χ4v) is 3.38. The molecular formula is C18H17N3O3S. The number of pyridine rings is 1. The lowest BCUT2D eigenvalue weighted by molar-refractivity contribution is 0.414. The summed E-state index contributed by atoms with van der Waals surface area (Å²) in [6, 6.07) is 16.6. The van der Waals surface area contributed by atoms with Gasteiger partial charge in [-0.25, -0.2) is 8.42 Å². The van der Waals surface area contributed by atoms with Crippen LogP contribution in [-0.4, -0.2) is 20.5 Å². The van der Waals surface area contributed by atoms with Gasteiger partial charge >= 0.3 is 0 Å². The molecule has 2 aromatic carbocycles. The monoisotopic (exact) mass is 355 g/mol. The van der Waals surface area contributed by atoms with Gasteiger partial charge in [0, 0.05) is 17.4 Å². The first-order valence-electron chi connectivity index (χ1n) is 7.47. The average Bonchev–Trinajstić information content (AvgIpc) is 2.63. The third-order valence-corrected chi connectivity index (χ3v) is 4.99. The summed E-state index contributed by atoms with van der Waals surface area (Å²) in [5, 5.41) is 0. The number of nitrogen functional groups attached to an aromatic ring is 1. The van der Waals surface area contributed by atoms with Crippen LogP contribution in [0, 0.1) is 0 Å². The van der Waals surface area contributed by atoms with E-state index in [0.29, 0.717) is 22.8 Å². The molecule has 0 aliphatic carbocycles. The molecule has 0 saturated heterocycles. The summed E-state index contributed by atoms with van der Waals surface area (Å²) in [5.41, 5.74) is 8.01. The van der Waals surface area contributed by atoms with E-state index < -0.39 is 10.0 Å². The van der Waals surface area contributed by atoms with Crippen molar-refractivity contribution >= 4 is 21.4 Å². The predicted molar refractivity (Wildman–Crippen MR) is 97.9 cm³/mol. The Hall–Kier alpha value is -3.06. The zero-order valence-corrected chi connectivity index (χ0v) is 14.3. The summed E-state index contributed by atoms with van der Waals surface area (Å²) in [5.74, 6) is 0.586. The summed E-state index contributed by atoms with van der Waals surface area (Å²) >= 11 is 0. The fourth-order valence-electron chi connectivity index (χ4n) is 2.32. The highest BCUT2D eigenvalue weighted by molar-refractivity contribution is 7.92. The average molecular weight is 355 g/mol. The molecule has 0 fully saturated rings. The van der Waals surface area contributed by atoms with Crippen molar-refractivity contribution in [1.29, 1.82) is 0 Å². The normalized spacial score (nSPS) is 11.1. The van der Waals surface area contributed by atoms with Gasteiger partial charge in [-0.3, -0.25) is 9.71 Å². The number of nitrogens with one attached hydrogen (secondary N) is 1. The van der Waals surface area contributed by atoms with Crippen molar-refractivity contribution in [2.24, 2.45) is 0 Å². The number of hydrogen-bond acceptors (Lipinski definition) is 5. The lowest BCUT2D eigenvalue weighted by Gasteiger charge is -2.12. The SMILES string of the molecule is COc1ccc(S(=O)(=O)Nc2cccnc2-c2ccc(N)cc2)cc1. The molecule has 128 valence electrons. The van der Waals surface area contributed by atoms with Gasteiger partial charge in [0.25, 0.3) is 10.0 Å². The highest BCUT2D eigenvalue weighted by atomic mass is 32.2. The maximum Gasteiger partial charge on any atom is 0.261 e. The van der Waals surface area contributed by atoms with Crippen LogP contribution in [0.2, 0.25) is 0 Å². The third-order valence-electron chi connectivity index (χ3n) is 3.61. The molecular weight excluding hydrogens is 338 g/mol. The number of nitrogens with two attached hydrogens (primary N) is 1. The molecule has 3 rings (SSSR count). The number of rotatable bonds is 5. The zero-order chi connectivity index (χ0) is 17.9. The molecule has 1 aromatic heterocycles. The molecule has 25 heavy (non-hydrogen) atoms. The minimum Gasteiger partial charge on any atom is -0.497 e. The smallest absolute Gasteiger partial charge is 0.261 e. The highest BCUT2D eigenvalue weighted by Crippen LogP contribution is 2.28. The van der Waals surface area contributed by atoms with Gasteiger partial charge in [-0.15, -0.1) is 0 Å². The number of ether oxygens (including phenoxy) is 1. The summed E-state index contributed by atoms with van der Waals surface area (Å²) < 4.78 is 32.9. The van der Waals surface area contributed by atoms with E-state index in [9.17, 15) is 8.42 Å². The molecule has 0 atom stereocenters. The number of hydrogen-bond donors (Lipinski definition) is 2. The Morgan fingerprint density at radius 1 is 1.00 bits per heavy atom. The van der Waals surface area contributed by atoms with Crippen molar-refractivity contribution in [3.05, 3.63) is 66.9 Å². The van der Waals surface area contributed by atoms with Crippen molar-refractivity contribution in [3.8, 4) is 17.0 Å². The van der Waals surface area contributed by atoms with E-state index in [1.807, 2.05) is 0 Å². The molecule has 1 heterocycles. The van der Waals surface area contributed by atoms with Gasteiger partial charge in [-0.05, 0) is 48.5 Å². The second-order valence-electron chi connectivity index (χ2n) is 5.30. The van der Waals surface area contributed by atoms with Gasteiger partial charge < -0.3 is 10.5 Å². The standard InChI is InChI=1S/C18H17N3O3S/c1-24-15-8-10-16(11-9-15)25(22,23)21-17-3-2-12-20-18(17)13-4-6-14(19)7-5-13/h2-12,21H,19H2,1H3. The molecule has 7 heteroatoms. The number of sulfonamides is 1. The maximum atomic E-state index is 12.6. The van der Waals surface area contributed by atoms with Gasteiger partial charge in [-0.1, -0.05) is 12.1 Å². The van der Waals surface area contributed by atoms with E-state index in [-0.39, 0.29) is 4.90 Å². The lowest BCUT2D eigenvalue weighted by atomic mass is 10.1.